The first-order valence-electron chi connectivity index (χ1n) is 6.53. The smallest absolute Gasteiger partial charge is 0.323 e. The molecule has 92 valence electrons. The van der Waals surface area contributed by atoms with Crippen molar-refractivity contribution in [2.75, 3.05) is 20.2 Å². The third kappa shape index (κ3) is 2.10. The van der Waals surface area contributed by atoms with Crippen LogP contribution in [0.5, 0.6) is 0 Å². The molecular weight excluding hydrogens is 202 g/mol. The summed E-state index contributed by atoms with van der Waals surface area (Å²) < 4.78 is 4.83. The van der Waals surface area contributed by atoms with Crippen molar-refractivity contribution in [1.82, 2.24) is 4.90 Å². The van der Waals surface area contributed by atoms with Crippen LogP contribution < -0.4 is 0 Å². The van der Waals surface area contributed by atoms with Gasteiger partial charge >= 0.3 is 5.97 Å². The Balaban J connectivity index is 1.91. The molecule has 0 N–H and O–H groups in total. The van der Waals surface area contributed by atoms with Gasteiger partial charge < -0.3 is 4.74 Å². The molecule has 2 rings (SSSR count). The largest absolute Gasteiger partial charge is 0.468 e. The van der Waals surface area contributed by atoms with Crippen LogP contribution >= 0.6 is 0 Å². The van der Waals surface area contributed by atoms with Crippen molar-refractivity contribution in [3.63, 3.8) is 0 Å². The summed E-state index contributed by atoms with van der Waals surface area (Å²) in [6.45, 7) is 4.46. The van der Waals surface area contributed by atoms with E-state index in [0.717, 1.165) is 19.5 Å². The van der Waals surface area contributed by atoms with Crippen molar-refractivity contribution in [2.45, 2.75) is 51.5 Å². The molecule has 0 spiro atoms. The summed E-state index contributed by atoms with van der Waals surface area (Å²) >= 11 is 0. The lowest BCUT2D eigenvalue weighted by atomic mass is 9.81. The predicted molar refractivity (Wildman–Crippen MR) is 63.2 cm³/mol. The zero-order valence-electron chi connectivity index (χ0n) is 10.5. The first-order valence-corrected chi connectivity index (χ1v) is 6.53. The number of hydrogen-bond acceptors (Lipinski definition) is 3. The van der Waals surface area contributed by atoms with Gasteiger partial charge in [0.05, 0.1) is 7.11 Å². The van der Waals surface area contributed by atoms with Crippen molar-refractivity contribution in [3.8, 4) is 0 Å². The Kier molecular flexibility index (Phi) is 3.53. The fraction of sp³-hybridized carbons (Fsp3) is 0.923. The Morgan fingerprint density at radius 1 is 1.44 bits per heavy atom. The summed E-state index contributed by atoms with van der Waals surface area (Å²) in [4.78, 5) is 13.8. The van der Waals surface area contributed by atoms with Gasteiger partial charge in [-0.15, -0.1) is 0 Å². The molecule has 0 amide bonds. The van der Waals surface area contributed by atoms with Crippen molar-refractivity contribution >= 4 is 5.97 Å². The van der Waals surface area contributed by atoms with E-state index < -0.39 is 0 Å². The van der Waals surface area contributed by atoms with Crippen LogP contribution in [0.1, 0.15) is 45.4 Å². The van der Waals surface area contributed by atoms with Crippen molar-refractivity contribution in [2.24, 2.45) is 5.41 Å². The predicted octanol–water partition coefficient (Wildman–Crippen LogP) is 2.20. The number of carbonyl (C=O) groups excluding carboxylic acids is 1. The number of hydrogen-bond donors (Lipinski definition) is 0. The molecule has 3 heteroatoms. The Morgan fingerprint density at radius 2 is 2.12 bits per heavy atom. The maximum Gasteiger partial charge on any atom is 0.323 e. The highest BCUT2D eigenvalue weighted by atomic mass is 16.5. The highest BCUT2D eigenvalue weighted by molar-refractivity contribution is 5.76. The molecule has 1 saturated carbocycles. The zero-order chi connectivity index (χ0) is 11.6. The number of methoxy groups -OCH3 is 1. The van der Waals surface area contributed by atoms with E-state index in [4.69, 9.17) is 4.74 Å². The van der Waals surface area contributed by atoms with Crippen LogP contribution in [0.25, 0.3) is 0 Å². The van der Waals surface area contributed by atoms with Crippen LogP contribution in [0.4, 0.5) is 0 Å². The van der Waals surface area contributed by atoms with Crippen molar-refractivity contribution in [3.05, 3.63) is 0 Å². The number of rotatable bonds is 4. The first-order chi connectivity index (χ1) is 7.71. The molecule has 0 aromatic carbocycles. The van der Waals surface area contributed by atoms with Crippen LogP contribution in [-0.2, 0) is 9.53 Å². The second kappa shape index (κ2) is 4.74. The molecule has 2 fully saturated rings. The highest BCUT2D eigenvalue weighted by Gasteiger charge is 2.41. The maximum atomic E-state index is 11.5. The molecule has 1 saturated heterocycles. The standard InChI is InChI=1S/C13H23NO2/c1-3-13(7-4-5-8-13)10-14-9-6-11(14)12(15)16-2/h11H,3-10H2,1-2H3. The average molecular weight is 225 g/mol. The lowest BCUT2D eigenvalue weighted by Gasteiger charge is -2.44. The van der Waals surface area contributed by atoms with E-state index in [1.165, 1.54) is 39.2 Å². The molecule has 1 aliphatic carbocycles. The Labute approximate surface area is 98.1 Å². The monoisotopic (exact) mass is 225 g/mol. The van der Waals surface area contributed by atoms with E-state index in [9.17, 15) is 4.79 Å². The van der Waals surface area contributed by atoms with E-state index >= 15 is 0 Å². The first kappa shape index (κ1) is 11.9. The van der Waals surface area contributed by atoms with E-state index in [2.05, 4.69) is 11.8 Å². The van der Waals surface area contributed by atoms with Crippen LogP contribution in [0.15, 0.2) is 0 Å². The second-order valence-corrected chi connectivity index (χ2v) is 5.36. The minimum atomic E-state index is -0.0458. The van der Waals surface area contributed by atoms with Crippen LogP contribution in [0, 0.1) is 5.41 Å². The van der Waals surface area contributed by atoms with E-state index in [-0.39, 0.29) is 12.0 Å². The second-order valence-electron chi connectivity index (χ2n) is 5.36. The summed E-state index contributed by atoms with van der Waals surface area (Å²) in [5, 5.41) is 0. The lowest BCUT2D eigenvalue weighted by Crippen LogP contribution is -2.55. The van der Waals surface area contributed by atoms with E-state index in [1.807, 2.05) is 0 Å². The van der Waals surface area contributed by atoms with Gasteiger partial charge in [-0.2, -0.15) is 0 Å². The quantitative estimate of drug-likeness (QED) is 0.687. The molecule has 3 nitrogen and oxygen atoms in total. The minimum absolute atomic E-state index is 0.0458. The molecule has 2 aliphatic rings. The summed E-state index contributed by atoms with van der Waals surface area (Å²) in [6.07, 6.45) is 7.64. The molecular formula is C13H23NO2. The number of ether oxygens (including phenoxy) is 1. The third-order valence-electron chi connectivity index (χ3n) is 4.56. The SMILES string of the molecule is CCC1(CN2CCC2C(=O)OC)CCCC1. The van der Waals surface area contributed by atoms with Gasteiger partial charge in [0.2, 0.25) is 0 Å². The summed E-state index contributed by atoms with van der Waals surface area (Å²) in [6, 6.07) is 0.0500. The zero-order valence-corrected chi connectivity index (χ0v) is 10.5. The van der Waals surface area contributed by atoms with Gasteiger partial charge in [-0.3, -0.25) is 9.69 Å². The highest BCUT2D eigenvalue weighted by Crippen LogP contribution is 2.43. The van der Waals surface area contributed by atoms with Crippen LogP contribution in [0.2, 0.25) is 0 Å². The summed E-state index contributed by atoms with van der Waals surface area (Å²) in [7, 11) is 1.49. The van der Waals surface area contributed by atoms with Crippen molar-refractivity contribution in [1.29, 1.82) is 0 Å². The molecule has 0 aromatic rings. The van der Waals surface area contributed by atoms with Gasteiger partial charge in [0, 0.05) is 13.1 Å². The third-order valence-corrected chi connectivity index (χ3v) is 4.56. The minimum Gasteiger partial charge on any atom is -0.468 e. The van der Waals surface area contributed by atoms with Gasteiger partial charge in [0.15, 0.2) is 0 Å². The van der Waals surface area contributed by atoms with E-state index in [0.29, 0.717) is 5.41 Å². The number of carbonyl (C=O) groups is 1. The van der Waals surface area contributed by atoms with Gasteiger partial charge in [0.1, 0.15) is 6.04 Å². The van der Waals surface area contributed by atoms with Crippen molar-refractivity contribution < 1.29 is 9.53 Å². The fourth-order valence-corrected chi connectivity index (χ4v) is 3.21. The van der Waals surface area contributed by atoms with Gasteiger partial charge in [0.25, 0.3) is 0 Å². The molecule has 16 heavy (non-hydrogen) atoms. The maximum absolute atomic E-state index is 11.5. The molecule has 1 aliphatic heterocycles. The number of nitrogens with zero attached hydrogens (tertiary/aromatic N) is 1. The Morgan fingerprint density at radius 3 is 2.56 bits per heavy atom. The Hall–Kier alpha value is -0.570. The van der Waals surface area contributed by atoms with Crippen LogP contribution in [-0.4, -0.2) is 37.1 Å². The van der Waals surface area contributed by atoms with Gasteiger partial charge in [-0.05, 0) is 31.1 Å². The average Bonchev–Trinajstić information content (AvgIpc) is 2.73. The summed E-state index contributed by atoms with van der Waals surface area (Å²) in [5.74, 6) is -0.0458. The van der Waals surface area contributed by atoms with Gasteiger partial charge in [-0.1, -0.05) is 19.8 Å². The van der Waals surface area contributed by atoms with Gasteiger partial charge in [-0.25, -0.2) is 0 Å². The molecule has 0 bridgehead atoms. The number of likely N-dealkylation sites (tertiary alicyclic amines) is 1. The normalized spacial score (nSPS) is 28.8. The molecule has 1 heterocycles. The Bertz CT molecular complexity index is 259. The molecule has 1 atom stereocenters. The topological polar surface area (TPSA) is 29.5 Å². The summed E-state index contributed by atoms with van der Waals surface area (Å²) in [5.41, 5.74) is 0.493. The molecule has 0 radical (unpaired) electrons. The van der Waals surface area contributed by atoms with Crippen LogP contribution in [0.3, 0.4) is 0 Å². The van der Waals surface area contributed by atoms with E-state index in [1.54, 1.807) is 0 Å². The molecule has 0 aromatic heterocycles. The lowest BCUT2D eigenvalue weighted by molar-refractivity contribution is -0.153. The number of esters is 1. The fourth-order valence-electron chi connectivity index (χ4n) is 3.21. The molecule has 1 unspecified atom stereocenters.